The summed E-state index contributed by atoms with van der Waals surface area (Å²) >= 11 is 6.31. The quantitative estimate of drug-likeness (QED) is 0.263. The van der Waals surface area contributed by atoms with Crippen LogP contribution in [0.15, 0.2) is 90.2 Å². The Morgan fingerprint density at radius 2 is 1.76 bits per heavy atom. The molecule has 2 fully saturated rings. The Morgan fingerprint density at radius 1 is 1.02 bits per heavy atom. The lowest BCUT2D eigenvalue weighted by Gasteiger charge is -2.43. The number of fused-ring (bicyclic) bond motifs is 2. The Hall–Kier alpha value is -4.03. The third-order valence-electron chi connectivity index (χ3n) is 9.65. The lowest BCUT2D eigenvalue weighted by atomic mass is 9.68. The van der Waals surface area contributed by atoms with E-state index in [1.807, 2.05) is 18.2 Å². The van der Waals surface area contributed by atoms with Crippen LogP contribution in [0.4, 0.5) is 10.1 Å². The SMILES string of the molecule is O=C(NCc1ccccc1Cl)c1ccc2c(c1)C1(CCNCC1)C(C1CC1)[N+]2(C(=O)c1cnccn1)S(=O)(=O)c1ccc(F)cc1. The molecule has 3 aliphatic rings. The number of quaternary nitrogens is 1. The number of hydrogen-bond donors (Lipinski definition) is 2. The molecule has 4 aromatic rings. The molecule has 9 nitrogen and oxygen atoms in total. The van der Waals surface area contributed by atoms with Crippen molar-refractivity contribution < 1.29 is 22.4 Å². The molecule has 1 aliphatic carbocycles. The first-order valence-electron chi connectivity index (χ1n) is 15.3. The molecule has 236 valence electrons. The van der Waals surface area contributed by atoms with E-state index < -0.39 is 37.1 Å². The number of carbonyl (C=O) groups excluding carboxylic acids is 2. The van der Waals surface area contributed by atoms with Crippen LogP contribution in [0.1, 0.15) is 57.7 Å². The summed E-state index contributed by atoms with van der Waals surface area (Å²) in [6, 6.07) is 16.1. The second-order valence-corrected chi connectivity index (χ2v) is 14.6. The van der Waals surface area contributed by atoms with Crippen LogP contribution in [0.3, 0.4) is 0 Å². The fourth-order valence-corrected chi connectivity index (χ4v) is 9.93. The number of benzene rings is 3. The number of nitrogens with one attached hydrogen (secondary N) is 2. The highest BCUT2D eigenvalue weighted by Crippen LogP contribution is 2.63. The molecule has 0 radical (unpaired) electrons. The third kappa shape index (κ3) is 4.76. The summed E-state index contributed by atoms with van der Waals surface area (Å²) < 4.78 is 43.5. The van der Waals surface area contributed by atoms with Crippen molar-refractivity contribution in [2.45, 2.75) is 48.6 Å². The number of sulfonamides is 1. The van der Waals surface area contributed by atoms with Crippen molar-refractivity contribution in [1.82, 2.24) is 24.5 Å². The molecule has 0 bridgehead atoms. The molecule has 3 heterocycles. The van der Waals surface area contributed by atoms with Crippen molar-refractivity contribution in [1.29, 1.82) is 0 Å². The van der Waals surface area contributed by atoms with Crippen LogP contribution in [0.5, 0.6) is 0 Å². The average molecular weight is 661 g/mol. The zero-order valence-corrected chi connectivity index (χ0v) is 26.4. The lowest BCUT2D eigenvalue weighted by molar-refractivity contribution is 0.0749. The van der Waals surface area contributed by atoms with Crippen molar-refractivity contribution in [2.75, 3.05) is 13.1 Å². The van der Waals surface area contributed by atoms with Gasteiger partial charge in [0, 0.05) is 47.1 Å². The summed E-state index contributed by atoms with van der Waals surface area (Å²) in [5, 5.41) is 6.87. The van der Waals surface area contributed by atoms with Crippen LogP contribution >= 0.6 is 11.6 Å². The fourth-order valence-electron chi connectivity index (χ4n) is 7.52. The molecule has 1 aromatic heterocycles. The molecule has 1 saturated carbocycles. The summed E-state index contributed by atoms with van der Waals surface area (Å²) in [7, 11) is -4.57. The smallest absolute Gasteiger partial charge is 0.348 e. The standard InChI is InChI=1S/C34H31ClFN5O4S/c35-28-4-2-1-3-24(28)20-40-32(42)23-7-12-30-27(19-23)34(13-15-37-16-14-34)31(22-5-6-22)41(30,33(43)29-21-38-17-18-39-29)46(44,45)26-10-8-25(36)9-11-26/h1-4,7-12,17-19,21-22,31,37H,5-6,13-16,20H2/p+1. The second-order valence-electron chi connectivity index (χ2n) is 12.2. The minimum atomic E-state index is -4.57. The highest BCUT2D eigenvalue weighted by molar-refractivity contribution is 7.91. The molecular formula is C34H32ClFN5O4S+. The minimum Gasteiger partial charge on any atom is -0.348 e. The maximum absolute atomic E-state index is 15.2. The number of piperidine rings is 1. The fraction of sp³-hybridized carbons (Fsp3) is 0.294. The Kier molecular flexibility index (Phi) is 7.75. The monoisotopic (exact) mass is 660 g/mol. The van der Waals surface area contributed by atoms with Gasteiger partial charge in [0.2, 0.25) is 0 Å². The molecule has 1 spiro atoms. The molecule has 2 amide bonds. The van der Waals surface area contributed by atoms with E-state index in [9.17, 15) is 9.18 Å². The summed E-state index contributed by atoms with van der Waals surface area (Å²) in [4.78, 5) is 36.8. The van der Waals surface area contributed by atoms with Gasteiger partial charge >= 0.3 is 15.9 Å². The van der Waals surface area contributed by atoms with Crippen LogP contribution in [0.2, 0.25) is 5.02 Å². The molecule has 46 heavy (non-hydrogen) atoms. The van der Waals surface area contributed by atoms with Gasteiger partial charge in [-0.3, -0.25) is 9.78 Å². The number of halogens is 2. The zero-order valence-electron chi connectivity index (χ0n) is 24.8. The number of hydrogen-bond acceptors (Lipinski definition) is 7. The van der Waals surface area contributed by atoms with E-state index in [1.54, 1.807) is 24.3 Å². The Labute approximate surface area is 271 Å². The van der Waals surface area contributed by atoms with Crippen LogP contribution in [-0.2, 0) is 22.0 Å². The summed E-state index contributed by atoms with van der Waals surface area (Å²) in [6.45, 7) is 1.43. The first-order valence-corrected chi connectivity index (χ1v) is 17.1. The van der Waals surface area contributed by atoms with E-state index in [0.29, 0.717) is 47.8 Å². The first-order chi connectivity index (χ1) is 22.2. The van der Waals surface area contributed by atoms with Gasteiger partial charge in [0.15, 0.2) is 11.4 Å². The van der Waals surface area contributed by atoms with Gasteiger partial charge < -0.3 is 10.6 Å². The Balaban J connectivity index is 1.45. The molecule has 2 unspecified atom stereocenters. The number of aromatic nitrogens is 2. The van der Waals surface area contributed by atoms with Crippen LogP contribution < -0.4 is 14.5 Å². The van der Waals surface area contributed by atoms with Gasteiger partial charge in [-0.2, -0.15) is 8.42 Å². The number of amides is 2. The molecular weight excluding hydrogens is 629 g/mol. The maximum atomic E-state index is 15.2. The molecule has 2 N–H and O–H groups in total. The van der Waals surface area contributed by atoms with Crippen LogP contribution in [-0.4, -0.2) is 49.3 Å². The van der Waals surface area contributed by atoms with Crippen molar-refractivity contribution in [3.63, 3.8) is 0 Å². The predicted octanol–water partition coefficient (Wildman–Crippen LogP) is 5.15. The molecule has 3 aromatic carbocycles. The number of carbonyl (C=O) groups is 2. The van der Waals surface area contributed by atoms with E-state index in [0.717, 1.165) is 30.5 Å². The van der Waals surface area contributed by atoms with Gasteiger partial charge in [0.1, 0.15) is 16.8 Å². The third-order valence-corrected chi connectivity index (χ3v) is 12.2. The van der Waals surface area contributed by atoms with Gasteiger partial charge in [0.05, 0.1) is 11.6 Å². The van der Waals surface area contributed by atoms with E-state index in [1.165, 1.54) is 30.7 Å². The Morgan fingerprint density at radius 3 is 2.43 bits per heavy atom. The molecule has 2 atom stereocenters. The summed E-state index contributed by atoms with van der Waals surface area (Å²) in [5.41, 5.74) is 1.24. The van der Waals surface area contributed by atoms with Crippen molar-refractivity contribution in [3.8, 4) is 0 Å². The van der Waals surface area contributed by atoms with Crippen molar-refractivity contribution >= 4 is 39.1 Å². The van der Waals surface area contributed by atoms with E-state index in [-0.39, 0.29) is 29.0 Å². The lowest BCUT2D eigenvalue weighted by Crippen LogP contribution is -2.67. The Bertz CT molecular complexity index is 1930. The van der Waals surface area contributed by atoms with E-state index in [4.69, 9.17) is 11.6 Å². The zero-order chi connectivity index (χ0) is 32.1. The predicted molar refractivity (Wildman–Crippen MR) is 171 cm³/mol. The van der Waals surface area contributed by atoms with E-state index >= 15 is 13.2 Å². The highest BCUT2D eigenvalue weighted by Gasteiger charge is 2.74. The van der Waals surface area contributed by atoms with Gasteiger partial charge in [-0.25, -0.2) is 14.2 Å². The van der Waals surface area contributed by atoms with Gasteiger partial charge in [-0.15, -0.1) is 3.89 Å². The summed E-state index contributed by atoms with van der Waals surface area (Å²) in [6.07, 6.45) is 6.72. The van der Waals surface area contributed by atoms with E-state index in [2.05, 4.69) is 20.6 Å². The molecule has 7 rings (SSSR count). The number of rotatable bonds is 7. The average Bonchev–Trinajstić information content (AvgIpc) is 3.88. The van der Waals surface area contributed by atoms with Crippen molar-refractivity contribution in [2.24, 2.45) is 5.92 Å². The first kappa shape index (κ1) is 30.6. The minimum absolute atomic E-state index is 0.0844. The second kappa shape index (κ2) is 11.6. The molecule has 2 aliphatic heterocycles. The van der Waals surface area contributed by atoms with Crippen LogP contribution in [0.25, 0.3) is 0 Å². The maximum Gasteiger partial charge on any atom is 0.386 e. The van der Waals surface area contributed by atoms with Gasteiger partial charge in [-0.05, 0) is 86.8 Å². The molecule has 1 saturated heterocycles. The highest BCUT2D eigenvalue weighted by atomic mass is 35.5. The summed E-state index contributed by atoms with van der Waals surface area (Å²) in [5.74, 6) is -1.74. The molecule has 12 heteroatoms. The van der Waals surface area contributed by atoms with Gasteiger partial charge in [0.25, 0.3) is 5.91 Å². The van der Waals surface area contributed by atoms with Crippen molar-refractivity contribution in [3.05, 3.63) is 119 Å². The van der Waals surface area contributed by atoms with Crippen LogP contribution in [0, 0.1) is 11.7 Å². The normalized spacial score (nSPS) is 21.9. The largest absolute Gasteiger partial charge is 0.386 e. The topological polar surface area (TPSA) is 118 Å². The van der Waals surface area contributed by atoms with Gasteiger partial charge in [-0.1, -0.05) is 29.8 Å². The number of nitrogens with zero attached hydrogens (tertiary/aromatic N) is 3.